The lowest BCUT2D eigenvalue weighted by molar-refractivity contribution is 0.0998. The van der Waals surface area contributed by atoms with E-state index in [0.29, 0.717) is 11.0 Å². The fourth-order valence-electron chi connectivity index (χ4n) is 2.06. The molecule has 0 aliphatic heterocycles. The van der Waals surface area contributed by atoms with E-state index in [4.69, 9.17) is 4.42 Å². The molecular weight excluding hydrogens is 295 g/mol. The molecule has 0 fully saturated rings. The summed E-state index contributed by atoms with van der Waals surface area (Å²) in [5.41, 5.74) is 1.01. The monoisotopic (exact) mass is 305 g/mol. The number of benzene rings is 2. The molecule has 0 saturated carbocycles. The summed E-state index contributed by atoms with van der Waals surface area (Å²) in [5, 5.41) is 2.87. The van der Waals surface area contributed by atoms with Gasteiger partial charge in [-0.1, -0.05) is 12.1 Å². The number of furan rings is 1. The van der Waals surface area contributed by atoms with Gasteiger partial charge < -0.3 is 9.73 Å². The molecule has 112 valence electrons. The largest absolute Gasteiger partial charge is 0.451 e. The second kappa shape index (κ2) is 5.22. The minimum Gasteiger partial charge on any atom is -0.451 e. The third kappa shape index (κ3) is 2.43. The van der Waals surface area contributed by atoms with Gasteiger partial charge in [-0.25, -0.2) is 13.2 Å². The van der Waals surface area contributed by atoms with E-state index in [0.717, 1.165) is 17.7 Å². The number of nitrogens with one attached hydrogen (secondary N) is 1. The van der Waals surface area contributed by atoms with Gasteiger partial charge in [0, 0.05) is 5.39 Å². The molecular formula is C16H10F3NO2. The van der Waals surface area contributed by atoms with Crippen LogP contribution in [0, 0.1) is 24.4 Å². The van der Waals surface area contributed by atoms with Gasteiger partial charge in [0.25, 0.3) is 5.91 Å². The fourth-order valence-corrected chi connectivity index (χ4v) is 2.06. The minimum absolute atomic E-state index is 0.0512. The first-order valence-electron chi connectivity index (χ1n) is 6.41. The Hall–Kier alpha value is -2.76. The molecule has 0 atom stereocenters. The van der Waals surface area contributed by atoms with Crippen LogP contribution in [0.3, 0.4) is 0 Å². The molecule has 0 unspecified atom stereocenters. The normalized spacial score (nSPS) is 10.9. The number of amides is 1. The molecule has 3 aromatic rings. The van der Waals surface area contributed by atoms with Crippen LogP contribution in [0.4, 0.5) is 18.9 Å². The van der Waals surface area contributed by atoms with Crippen LogP contribution in [0.15, 0.2) is 40.8 Å². The van der Waals surface area contributed by atoms with Gasteiger partial charge in [0.05, 0.1) is 5.69 Å². The van der Waals surface area contributed by atoms with E-state index in [1.54, 1.807) is 12.1 Å². The van der Waals surface area contributed by atoms with Crippen LogP contribution in [0.1, 0.15) is 16.1 Å². The second-order valence-corrected chi connectivity index (χ2v) is 4.83. The molecule has 0 aliphatic rings. The van der Waals surface area contributed by atoms with Gasteiger partial charge in [-0.05, 0) is 36.8 Å². The van der Waals surface area contributed by atoms with Gasteiger partial charge in [0.2, 0.25) is 0 Å². The van der Waals surface area contributed by atoms with Crippen molar-refractivity contribution in [3.63, 3.8) is 0 Å². The maximum atomic E-state index is 13.5. The van der Waals surface area contributed by atoms with Crippen molar-refractivity contribution in [2.75, 3.05) is 5.32 Å². The zero-order valence-corrected chi connectivity index (χ0v) is 11.4. The van der Waals surface area contributed by atoms with Crippen LogP contribution in [0.5, 0.6) is 0 Å². The summed E-state index contributed by atoms with van der Waals surface area (Å²) in [7, 11) is 0. The summed E-state index contributed by atoms with van der Waals surface area (Å²) in [6.45, 7) is 1.87. The highest BCUT2D eigenvalue weighted by atomic mass is 19.2. The maximum Gasteiger partial charge on any atom is 0.291 e. The highest BCUT2D eigenvalue weighted by Crippen LogP contribution is 2.23. The quantitative estimate of drug-likeness (QED) is 0.713. The Bertz CT molecular complexity index is 886. The zero-order chi connectivity index (χ0) is 15.9. The molecule has 1 aromatic heterocycles. The summed E-state index contributed by atoms with van der Waals surface area (Å²) in [5.74, 6) is -5.23. The predicted molar refractivity (Wildman–Crippen MR) is 75.2 cm³/mol. The number of hydrogen-bond acceptors (Lipinski definition) is 2. The van der Waals surface area contributed by atoms with E-state index < -0.39 is 29.0 Å². The molecule has 0 aliphatic carbocycles. The van der Waals surface area contributed by atoms with Crippen molar-refractivity contribution in [3.05, 3.63) is 65.2 Å². The zero-order valence-electron chi connectivity index (χ0n) is 11.4. The first kappa shape index (κ1) is 14.2. The lowest BCUT2D eigenvalue weighted by atomic mass is 10.2. The van der Waals surface area contributed by atoms with Gasteiger partial charge in [-0.15, -0.1) is 0 Å². The van der Waals surface area contributed by atoms with Crippen LogP contribution in [0.2, 0.25) is 0 Å². The summed E-state index contributed by atoms with van der Waals surface area (Å²) in [6.07, 6.45) is 0. The fraction of sp³-hybridized carbons (Fsp3) is 0.0625. The first-order valence-corrected chi connectivity index (χ1v) is 6.41. The molecule has 0 spiro atoms. The topological polar surface area (TPSA) is 42.2 Å². The third-order valence-corrected chi connectivity index (χ3v) is 3.18. The molecule has 22 heavy (non-hydrogen) atoms. The molecule has 0 saturated heterocycles. The molecule has 1 amide bonds. The number of hydrogen-bond donors (Lipinski definition) is 1. The number of anilines is 1. The van der Waals surface area contributed by atoms with Gasteiger partial charge in [-0.2, -0.15) is 0 Å². The van der Waals surface area contributed by atoms with E-state index in [9.17, 15) is 18.0 Å². The number of aryl methyl sites for hydroxylation is 1. The van der Waals surface area contributed by atoms with Crippen LogP contribution < -0.4 is 5.32 Å². The van der Waals surface area contributed by atoms with Crippen molar-refractivity contribution in [2.24, 2.45) is 0 Å². The lowest BCUT2D eigenvalue weighted by Gasteiger charge is -2.05. The first-order chi connectivity index (χ1) is 10.5. The Morgan fingerprint density at radius 1 is 1.05 bits per heavy atom. The van der Waals surface area contributed by atoms with Crippen molar-refractivity contribution >= 4 is 22.6 Å². The Morgan fingerprint density at radius 2 is 1.82 bits per heavy atom. The minimum atomic E-state index is -1.64. The van der Waals surface area contributed by atoms with E-state index in [-0.39, 0.29) is 5.76 Å². The number of carbonyl (C=O) groups excluding carboxylic acids is 1. The molecule has 2 aromatic carbocycles. The molecule has 1 N–H and O–H groups in total. The standard InChI is InChI=1S/C16H10F3NO2/c1-8-2-3-9-7-13(22-12(9)6-8)16(21)20-11-5-4-10(17)14(18)15(11)19/h2-7H,1H3,(H,20,21). The van der Waals surface area contributed by atoms with Gasteiger partial charge in [-0.3, -0.25) is 4.79 Å². The third-order valence-electron chi connectivity index (χ3n) is 3.18. The summed E-state index contributed by atoms with van der Waals surface area (Å²) < 4.78 is 44.9. The van der Waals surface area contributed by atoms with Crippen molar-refractivity contribution < 1.29 is 22.4 Å². The number of rotatable bonds is 2. The van der Waals surface area contributed by atoms with Crippen molar-refractivity contribution in [1.82, 2.24) is 0 Å². The summed E-state index contributed by atoms with van der Waals surface area (Å²) >= 11 is 0. The van der Waals surface area contributed by atoms with Crippen molar-refractivity contribution in [1.29, 1.82) is 0 Å². The van der Waals surface area contributed by atoms with Gasteiger partial charge in [0.1, 0.15) is 5.58 Å². The van der Waals surface area contributed by atoms with E-state index in [1.807, 2.05) is 13.0 Å². The summed E-state index contributed by atoms with van der Waals surface area (Å²) in [6, 6.07) is 8.55. The Kier molecular flexibility index (Phi) is 3.36. The average Bonchev–Trinajstić information content (AvgIpc) is 2.91. The summed E-state index contributed by atoms with van der Waals surface area (Å²) in [4.78, 5) is 12.0. The molecule has 3 rings (SSSR count). The second-order valence-electron chi connectivity index (χ2n) is 4.83. The Morgan fingerprint density at radius 3 is 2.59 bits per heavy atom. The highest BCUT2D eigenvalue weighted by molar-refractivity contribution is 6.04. The number of carbonyl (C=O) groups is 1. The van der Waals surface area contributed by atoms with Crippen LogP contribution in [-0.4, -0.2) is 5.91 Å². The smallest absolute Gasteiger partial charge is 0.291 e. The Balaban J connectivity index is 1.92. The lowest BCUT2D eigenvalue weighted by Crippen LogP contribution is -2.13. The van der Waals surface area contributed by atoms with Crippen LogP contribution in [-0.2, 0) is 0 Å². The Labute approximate surface area is 123 Å². The number of halogens is 3. The number of fused-ring (bicyclic) bond motifs is 1. The van der Waals surface area contributed by atoms with Crippen LogP contribution in [0.25, 0.3) is 11.0 Å². The van der Waals surface area contributed by atoms with Crippen LogP contribution >= 0.6 is 0 Å². The van der Waals surface area contributed by atoms with Gasteiger partial charge in [0.15, 0.2) is 23.2 Å². The van der Waals surface area contributed by atoms with E-state index >= 15 is 0 Å². The van der Waals surface area contributed by atoms with Gasteiger partial charge >= 0.3 is 0 Å². The molecule has 1 heterocycles. The molecule has 3 nitrogen and oxygen atoms in total. The van der Waals surface area contributed by atoms with E-state index in [1.165, 1.54) is 6.07 Å². The van der Waals surface area contributed by atoms with Crippen molar-refractivity contribution in [3.8, 4) is 0 Å². The SMILES string of the molecule is Cc1ccc2cc(C(=O)Nc3ccc(F)c(F)c3F)oc2c1. The average molecular weight is 305 g/mol. The highest BCUT2D eigenvalue weighted by Gasteiger charge is 2.18. The molecule has 0 radical (unpaired) electrons. The predicted octanol–water partition coefficient (Wildman–Crippen LogP) is 4.41. The molecule has 0 bridgehead atoms. The van der Waals surface area contributed by atoms with E-state index in [2.05, 4.69) is 5.32 Å². The maximum absolute atomic E-state index is 13.5. The van der Waals surface area contributed by atoms with Crippen molar-refractivity contribution in [2.45, 2.75) is 6.92 Å². The molecule has 6 heteroatoms.